The molecule has 0 saturated carbocycles. The first-order valence-electron chi connectivity index (χ1n) is 6.33. The highest BCUT2D eigenvalue weighted by molar-refractivity contribution is 7.89. The number of sulfonamides is 1. The van der Waals surface area contributed by atoms with E-state index in [0.717, 1.165) is 0 Å². The number of amides is 1. The average Bonchev–Trinajstić information content (AvgIpc) is 2.96. The fraction of sp³-hybridized carbons (Fsp3) is 0.214. The summed E-state index contributed by atoms with van der Waals surface area (Å²) in [6.07, 6.45) is 1.50. The predicted molar refractivity (Wildman–Crippen MR) is 76.9 cm³/mol. The van der Waals surface area contributed by atoms with Gasteiger partial charge in [-0.1, -0.05) is 18.2 Å². The highest BCUT2D eigenvalue weighted by Crippen LogP contribution is 2.13. The second-order valence-corrected chi connectivity index (χ2v) is 6.18. The highest BCUT2D eigenvalue weighted by Gasteiger charge is 2.17. The van der Waals surface area contributed by atoms with Crippen molar-refractivity contribution in [1.82, 2.24) is 10.0 Å². The van der Waals surface area contributed by atoms with Crippen molar-refractivity contribution in [2.45, 2.75) is 18.4 Å². The molecule has 6 nitrogen and oxygen atoms in total. The van der Waals surface area contributed by atoms with Crippen LogP contribution < -0.4 is 10.0 Å². The minimum atomic E-state index is -3.69. The van der Waals surface area contributed by atoms with E-state index in [2.05, 4.69) is 10.0 Å². The zero-order valence-electron chi connectivity index (χ0n) is 11.5. The Morgan fingerprint density at radius 3 is 2.62 bits per heavy atom. The van der Waals surface area contributed by atoms with Crippen molar-refractivity contribution >= 4 is 15.9 Å². The molecule has 0 aliphatic carbocycles. The second-order valence-electron chi connectivity index (χ2n) is 4.45. The monoisotopic (exact) mass is 308 g/mol. The predicted octanol–water partition coefficient (Wildman–Crippen LogP) is 1.18. The zero-order valence-corrected chi connectivity index (χ0v) is 12.3. The van der Waals surface area contributed by atoms with E-state index in [9.17, 15) is 13.2 Å². The van der Waals surface area contributed by atoms with Gasteiger partial charge >= 0.3 is 0 Å². The van der Waals surface area contributed by atoms with Crippen LogP contribution in [0.2, 0.25) is 0 Å². The van der Waals surface area contributed by atoms with Gasteiger partial charge < -0.3 is 9.73 Å². The molecule has 0 spiro atoms. The summed E-state index contributed by atoms with van der Waals surface area (Å²) in [5.74, 6) is 0.175. The number of hydrogen-bond donors (Lipinski definition) is 2. The SMILES string of the molecule is Cc1ccccc1S(=O)(=O)NCC(=O)NCc1ccco1. The van der Waals surface area contributed by atoms with Gasteiger partial charge in [-0.15, -0.1) is 0 Å². The molecule has 0 atom stereocenters. The molecule has 0 bridgehead atoms. The van der Waals surface area contributed by atoms with E-state index in [1.807, 2.05) is 0 Å². The average molecular weight is 308 g/mol. The molecular formula is C14H16N2O4S. The lowest BCUT2D eigenvalue weighted by atomic mass is 10.2. The van der Waals surface area contributed by atoms with Gasteiger partial charge in [0.2, 0.25) is 15.9 Å². The first-order chi connectivity index (χ1) is 9.99. The van der Waals surface area contributed by atoms with Crippen molar-refractivity contribution in [3.63, 3.8) is 0 Å². The van der Waals surface area contributed by atoms with Crippen molar-refractivity contribution < 1.29 is 17.6 Å². The number of carbonyl (C=O) groups is 1. The van der Waals surface area contributed by atoms with Crippen molar-refractivity contribution in [1.29, 1.82) is 0 Å². The molecule has 1 aromatic carbocycles. The maximum absolute atomic E-state index is 12.1. The Morgan fingerprint density at radius 1 is 1.19 bits per heavy atom. The molecule has 1 heterocycles. The number of carbonyl (C=O) groups excluding carboxylic acids is 1. The van der Waals surface area contributed by atoms with Crippen molar-refractivity contribution in [3.05, 3.63) is 54.0 Å². The summed E-state index contributed by atoms with van der Waals surface area (Å²) in [4.78, 5) is 11.8. The van der Waals surface area contributed by atoms with E-state index < -0.39 is 15.9 Å². The Labute approximate surface area is 123 Å². The van der Waals surface area contributed by atoms with E-state index in [4.69, 9.17) is 4.42 Å². The molecule has 0 radical (unpaired) electrons. The number of aryl methyl sites for hydroxylation is 1. The summed E-state index contributed by atoms with van der Waals surface area (Å²) in [5.41, 5.74) is 0.626. The third-order valence-electron chi connectivity index (χ3n) is 2.85. The summed E-state index contributed by atoms with van der Waals surface area (Å²) in [7, 11) is -3.69. The molecule has 112 valence electrons. The smallest absolute Gasteiger partial charge is 0.241 e. The second kappa shape index (κ2) is 6.55. The summed E-state index contributed by atoms with van der Waals surface area (Å²) in [6.45, 7) is 1.60. The van der Waals surface area contributed by atoms with Crippen LogP contribution in [-0.4, -0.2) is 20.9 Å². The van der Waals surface area contributed by atoms with Crippen LogP contribution >= 0.6 is 0 Å². The minimum Gasteiger partial charge on any atom is -0.467 e. The van der Waals surface area contributed by atoms with Crippen LogP contribution in [0, 0.1) is 6.92 Å². The van der Waals surface area contributed by atoms with Gasteiger partial charge in [0.15, 0.2) is 0 Å². The molecule has 2 rings (SSSR count). The maximum Gasteiger partial charge on any atom is 0.241 e. The Morgan fingerprint density at radius 2 is 1.95 bits per heavy atom. The van der Waals surface area contributed by atoms with E-state index in [0.29, 0.717) is 11.3 Å². The fourth-order valence-corrected chi connectivity index (χ4v) is 2.98. The van der Waals surface area contributed by atoms with Gasteiger partial charge in [0.1, 0.15) is 5.76 Å². The lowest BCUT2D eigenvalue weighted by Gasteiger charge is -2.09. The number of benzene rings is 1. The highest BCUT2D eigenvalue weighted by atomic mass is 32.2. The van der Waals surface area contributed by atoms with Crippen LogP contribution in [0.4, 0.5) is 0 Å². The molecule has 7 heteroatoms. The molecule has 0 aliphatic heterocycles. The van der Waals surface area contributed by atoms with E-state index in [1.54, 1.807) is 37.3 Å². The molecule has 0 saturated heterocycles. The molecule has 0 unspecified atom stereocenters. The van der Waals surface area contributed by atoms with Crippen LogP contribution in [0.25, 0.3) is 0 Å². The normalized spacial score (nSPS) is 11.3. The standard InChI is InChI=1S/C14H16N2O4S/c1-11-5-2-3-7-13(11)21(18,19)16-10-14(17)15-9-12-6-4-8-20-12/h2-8,16H,9-10H2,1H3,(H,15,17). The van der Waals surface area contributed by atoms with Crippen molar-refractivity contribution in [2.24, 2.45) is 0 Å². The number of nitrogens with one attached hydrogen (secondary N) is 2. The van der Waals surface area contributed by atoms with Gasteiger partial charge in [-0.3, -0.25) is 4.79 Å². The Balaban J connectivity index is 1.90. The Kier molecular flexibility index (Phi) is 4.77. The molecule has 1 aromatic heterocycles. The number of furan rings is 1. The molecule has 0 fully saturated rings. The molecular weight excluding hydrogens is 292 g/mol. The molecule has 2 aromatic rings. The summed E-state index contributed by atoms with van der Waals surface area (Å²) < 4.78 is 31.5. The lowest BCUT2D eigenvalue weighted by Crippen LogP contribution is -2.36. The van der Waals surface area contributed by atoms with Crippen LogP contribution in [0.5, 0.6) is 0 Å². The van der Waals surface area contributed by atoms with Crippen LogP contribution in [0.15, 0.2) is 52.0 Å². The molecule has 21 heavy (non-hydrogen) atoms. The number of hydrogen-bond acceptors (Lipinski definition) is 4. The van der Waals surface area contributed by atoms with E-state index in [1.165, 1.54) is 12.3 Å². The minimum absolute atomic E-state index is 0.170. The quantitative estimate of drug-likeness (QED) is 0.839. The molecule has 2 N–H and O–H groups in total. The van der Waals surface area contributed by atoms with Crippen molar-refractivity contribution in [3.8, 4) is 0 Å². The fourth-order valence-electron chi connectivity index (χ4n) is 1.76. The summed E-state index contributed by atoms with van der Waals surface area (Å²) in [6, 6.07) is 10.0. The van der Waals surface area contributed by atoms with Gasteiger partial charge in [-0.2, -0.15) is 0 Å². The number of rotatable bonds is 6. The van der Waals surface area contributed by atoms with E-state index in [-0.39, 0.29) is 18.0 Å². The van der Waals surface area contributed by atoms with Gasteiger partial charge in [-0.05, 0) is 30.7 Å². The third-order valence-corrected chi connectivity index (χ3v) is 4.41. The lowest BCUT2D eigenvalue weighted by molar-refractivity contribution is -0.120. The first kappa shape index (κ1) is 15.3. The third kappa shape index (κ3) is 4.17. The zero-order chi connectivity index (χ0) is 15.3. The largest absolute Gasteiger partial charge is 0.467 e. The van der Waals surface area contributed by atoms with Crippen molar-refractivity contribution in [2.75, 3.05) is 6.54 Å². The molecule has 0 aliphatic rings. The van der Waals surface area contributed by atoms with E-state index >= 15 is 0 Å². The Bertz CT molecular complexity index is 708. The van der Waals surface area contributed by atoms with Gasteiger partial charge in [-0.25, -0.2) is 13.1 Å². The van der Waals surface area contributed by atoms with Gasteiger partial charge in [0.25, 0.3) is 0 Å². The van der Waals surface area contributed by atoms with Gasteiger partial charge in [0.05, 0.1) is 24.2 Å². The summed E-state index contributed by atoms with van der Waals surface area (Å²) in [5, 5.41) is 2.56. The van der Waals surface area contributed by atoms with Crippen LogP contribution in [0.1, 0.15) is 11.3 Å². The van der Waals surface area contributed by atoms with Crippen LogP contribution in [0.3, 0.4) is 0 Å². The van der Waals surface area contributed by atoms with Crippen LogP contribution in [-0.2, 0) is 21.4 Å². The van der Waals surface area contributed by atoms with Gasteiger partial charge in [0, 0.05) is 0 Å². The molecule has 1 amide bonds. The summed E-state index contributed by atoms with van der Waals surface area (Å²) >= 11 is 0. The topological polar surface area (TPSA) is 88.4 Å². The Hall–Kier alpha value is -2.12. The first-order valence-corrected chi connectivity index (χ1v) is 7.82. The maximum atomic E-state index is 12.1.